The molecular weight excluding hydrogens is 206 g/mol. The number of nitrogens with zero attached hydrogens (tertiary/aromatic N) is 4. The van der Waals surface area contributed by atoms with E-state index in [4.69, 9.17) is 11.0 Å². The standard InChI is InChI=1S/C10H15N5O/c1-8(3-4-11)14(2)10(16)7-15-6-9(12)5-13-15/h5-6,8H,3,7,12H2,1-2H3. The number of anilines is 1. The predicted octanol–water partition coefficient (Wildman–Crippen LogP) is 0.226. The molecule has 0 aromatic carbocycles. The van der Waals surface area contributed by atoms with Gasteiger partial charge in [-0.05, 0) is 6.92 Å². The Morgan fingerprint density at radius 1 is 1.81 bits per heavy atom. The Morgan fingerprint density at radius 2 is 2.50 bits per heavy atom. The van der Waals surface area contributed by atoms with Gasteiger partial charge in [0.2, 0.25) is 5.91 Å². The highest BCUT2D eigenvalue weighted by atomic mass is 16.2. The van der Waals surface area contributed by atoms with Crippen molar-refractivity contribution in [3.8, 4) is 6.07 Å². The second kappa shape index (κ2) is 5.16. The number of carbonyl (C=O) groups is 1. The lowest BCUT2D eigenvalue weighted by Crippen LogP contribution is -2.37. The maximum Gasteiger partial charge on any atom is 0.244 e. The third kappa shape index (κ3) is 2.98. The Bertz CT molecular complexity index is 406. The Labute approximate surface area is 94.2 Å². The highest BCUT2D eigenvalue weighted by molar-refractivity contribution is 5.76. The molecule has 0 spiro atoms. The minimum absolute atomic E-state index is 0.0918. The van der Waals surface area contributed by atoms with Crippen molar-refractivity contribution in [3.63, 3.8) is 0 Å². The van der Waals surface area contributed by atoms with E-state index in [-0.39, 0.29) is 18.5 Å². The quantitative estimate of drug-likeness (QED) is 0.788. The molecule has 0 aliphatic rings. The molecule has 6 heteroatoms. The van der Waals surface area contributed by atoms with Crippen LogP contribution in [0.25, 0.3) is 0 Å². The van der Waals surface area contributed by atoms with E-state index in [9.17, 15) is 4.79 Å². The van der Waals surface area contributed by atoms with Crippen molar-refractivity contribution in [2.24, 2.45) is 0 Å². The molecule has 0 fully saturated rings. The van der Waals surface area contributed by atoms with Gasteiger partial charge < -0.3 is 10.6 Å². The molecule has 0 saturated carbocycles. The van der Waals surface area contributed by atoms with Crippen LogP contribution in [-0.2, 0) is 11.3 Å². The number of carbonyl (C=O) groups excluding carboxylic acids is 1. The van der Waals surface area contributed by atoms with Crippen LogP contribution in [0.2, 0.25) is 0 Å². The molecule has 0 aliphatic carbocycles. The van der Waals surface area contributed by atoms with Crippen LogP contribution in [0.1, 0.15) is 13.3 Å². The first-order valence-electron chi connectivity index (χ1n) is 4.95. The van der Waals surface area contributed by atoms with E-state index >= 15 is 0 Å². The van der Waals surface area contributed by atoms with Crippen molar-refractivity contribution in [2.45, 2.75) is 25.9 Å². The van der Waals surface area contributed by atoms with Crippen molar-refractivity contribution in [1.82, 2.24) is 14.7 Å². The topological polar surface area (TPSA) is 87.9 Å². The SMILES string of the molecule is CC(CC#N)N(C)C(=O)Cn1cc(N)cn1. The fourth-order valence-electron chi connectivity index (χ4n) is 1.23. The first-order valence-corrected chi connectivity index (χ1v) is 4.95. The van der Waals surface area contributed by atoms with Crippen LogP contribution in [0.15, 0.2) is 12.4 Å². The summed E-state index contributed by atoms with van der Waals surface area (Å²) in [6.45, 7) is 1.97. The van der Waals surface area contributed by atoms with Crippen LogP contribution >= 0.6 is 0 Å². The smallest absolute Gasteiger partial charge is 0.244 e. The van der Waals surface area contributed by atoms with E-state index in [2.05, 4.69) is 5.10 Å². The number of nitriles is 1. The summed E-state index contributed by atoms with van der Waals surface area (Å²) in [6, 6.07) is 1.94. The van der Waals surface area contributed by atoms with Crippen LogP contribution in [0.3, 0.4) is 0 Å². The second-order valence-corrected chi connectivity index (χ2v) is 3.69. The normalized spacial score (nSPS) is 11.8. The van der Waals surface area contributed by atoms with E-state index in [1.165, 1.54) is 10.9 Å². The molecule has 1 rings (SSSR count). The monoisotopic (exact) mass is 221 g/mol. The van der Waals surface area contributed by atoms with Crippen LogP contribution in [-0.4, -0.2) is 33.7 Å². The molecular formula is C10H15N5O. The minimum atomic E-state index is -0.0922. The molecule has 0 aliphatic heterocycles. The number of likely N-dealkylation sites (N-methyl/N-ethyl adjacent to an activating group) is 1. The van der Waals surface area contributed by atoms with Gasteiger partial charge >= 0.3 is 0 Å². The van der Waals surface area contributed by atoms with Gasteiger partial charge in [-0.25, -0.2) is 0 Å². The van der Waals surface area contributed by atoms with Crippen LogP contribution < -0.4 is 5.73 Å². The molecule has 1 atom stereocenters. The van der Waals surface area contributed by atoms with Gasteiger partial charge in [-0.15, -0.1) is 0 Å². The molecule has 6 nitrogen and oxygen atoms in total. The number of hydrogen-bond donors (Lipinski definition) is 1. The van der Waals surface area contributed by atoms with Crippen molar-refractivity contribution >= 4 is 11.6 Å². The van der Waals surface area contributed by atoms with E-state index < -0.39 is 0 Å². The van der Waals surface area contributed by atoms with E-state index in [1.54, 1.807) is 18.1 Å². The number of rotatable bonds is 4. The molecule has 86 valence electrons. The summed E-state index contributed by atoms with van der Waals surface area (Å²) in [6.07, 6.45) is 3.41. The lowest BCUT2D eigenvalue weighted by Gasteiger charge is -2.22. The van der Waals surface area contributed by atoms with Crippen molar-refractivity contribution in [1.29, 1.82) is 5.26 Å². The summed E-state index contributed by atoms with van der Waals surface area (Å²) >= 11 is 0. The third-order valence-electron chi connectivity index (χ3n) is 2.39. The molecule has 0 saturated heterocycles. The van der Waals surface area contributed by atoms with Gasteiger partial charge in [-0.3, -0.25) is 9.48 Å². The van der Waals surface area contributed by atoms with Gasteiger partial charge in [0, 0.05) is 19.3 Å². The number of nitrogen functional groups attached to an aromatic ring is 1. The van der Waals surface area contributed by atoms with E-state index in [0.29, 0.717) is 12.1 Å². The van der Waals surface area contributed by atoms with Gasteiger partial charge in [-0.1, -0.05) is 0 Å². The van der Waals surface area contributed by atoms with Gasteiger partial charge in [0.15, 0.2) is 0 Å². The second-order valence-electron chi connectivity index (χ2n) is 3.69. The fourth-order valence-corrected chi connectivity index (χ4v) is 1.23. The van der Waals surface area contributed by atoms with Gasteiger partial charge in [-0.2, -0.15) is 10.4 Å². The van der Waals surface area contributed by atoms with Crippen molar-refractivity contribution in [2.75, 3.05) is 12.8 Å². The summed E-state index contributed by atoms with van der Waals surface area (Å²) in [4.78, 5) is 13.3. The Kier molecular flexibility index (Phi) is 3.89. The summed E-state index contributed by atoms with van der Waals surface area (Å²) < 4.78 is 1.48. The number of hydrogen-bond acceptors (Lipinski definition) is 4. The Balaban J connectivity index is 2.55. The Morgan fingerprint density at radius 3 is 3.00 bits per heavy atom. The summed E-state index contributed by atoms with van der Waals surface area (Å²) in [5.74, 6) is -0.0918. The maximum absolute atomic E-state index is 11.8. The maximum atomic E-state index is 11.8. The average molecular weight is 221 g/mol. The molecule has 0 radical (unpaired) electrons. The van der Waals surface area contributed by atoms with Gasteiger partial charge in [0.1, 0.15) is 6.54 Å². The zero-order chi connectivity index (χ0) is 12.1. The predicted molar refractivity (Wildman–Crippen MR) is 59.1 cm³/mol. The molecule has 1 aromatic rings. The molecule has 1 heterocycles. The van der Waals surface area contributed by atoms with Crippen LogP contribution in [0.5, 0.6) is 0 Å². The highest BCUT2D eigenvalue weighted by Crippen LogP contribution is 2.03. The zero-order valence-electron chi connectivity index (χ0n) is 9.42. The van der Waals surface area contributed by atoms with Crippen molar-refractivity contribution < 1.29 is 4.79 Å². The number of amides is 1. The van der Waals surface area contributed by atoms with Crippen LogP contribution in [0.4, 0.5) is 5.69 Å². The molecule has 16 heavy (non-hydrogen) atoms. The lowest BCUT2D eigenvalue weighted by molar-refractivity contribution is -0.132. The van der Waals surface area contributed by atoms with Gasteiger partial charge in [0.25, 0.3) is 0 Å². The van der Waals surface area contributed by atoms with Crippen LogP contribution in [0, 0.1) is 11.3 Å². The molecule has 1 amide bonds. The Hall–Kier alpha value is -2.03. The minimum Gasteiger partial charge on any atom is -0.396 e. The first-order chi connectivity index (χ1) is 7.54. The molecule has 1 unspecified atom stereocenters. The van der Waals surface area contributed by atoms with E-state index in [1.807, 2.05) is 13.0 Å². The molecule has 0 bridgehead atoms. The third-order valence-corrected chi connectivity index (χ3v) is 2.39. The van der Waals surface area contributed by atoms with Gasteiger partial charge in [0.05, 0.1) is 24.4 Å². The lowest BCUT2D eigenvalue weighted by atomic mass is 10.2. The fraction of sp³-hybridized carbons (Fsp3) is 0.500. The largest absolute Gasteiger partial charge is 0.396 e. The summed E-state index contributed by atoms with van der Waals surface area (Å²) in [7, 11) is 1.68. The summed E-state index contributed by atoms with van der Waals surface area (Å²) in [5.41, 5.74) is 6.01. The zero-order valence-corrected chi connectivity index (χ0v) is 9.42. The highest BCUT2D eigenvalue weighted by Gasteiger charge is 2.15. The number of aromatic nitrogens is 2. The van der Waals surface area contributed by atoms with E-state index in [0.717, 1.165) is 0 Å². The average Bonchev–Trinajstić information content (AvgIpc) is 2.63. The molecule has 2 N–H and O–H groups in total. The number of nitrogens with two attached hydrogens (primary N) is 1. The van der Waals surface area contributed by atoms with Crippen molar-refractivity contribution in [3.05, 3.63) is 12.4 Å². The first kappa shape index (κ1) is 12.0. The summed E-state index contributed by atoms with van der Waals surface area (Å²) in [5, 5.41) is 12.5. The molecule has 1 aromatic heterocycles.